The molecule has 1 aromatic carbocycles. The molecular weight excluding hydrogens is 317 g/mol. The highest BCUT2D eigenvalue weighted by Crippen LogP contribution is 2.42. The standard InChI is InChI=1S/C17H17ClFN3O/c1-17(23)8-22(9-17)15-13-7-6-12(14(13)20-16(18)21-15)10-2-4-11(19)5-3-10/h2-5,12,23H,6-9H2,1H3. The lowest BCUT2D eigenvalue weighted by Crippen LogP contribution is -2.60. The van der Waals surface area contributed by atoms with Crippen LogP contribution in [0.1, 0.15) is 36.1 Å². The van der Waals surface area contributed by atoms with E-state index in [1.807, 2.05) is 11.8 Å². The summed E-state index contributed by atoms with van der Waals surface area (Å²) in [7, 11) is 0. The van der Waals surface area contributed by atoms with Gasteiger partial charge in [0, 0.05) is 24.6 Å². The van der Waals surface area contributed by atoms with Gasteiger partial charge in [-0.05, 0) is 49.1 Å². The third-order valence-electron chi connectivity index (χ3n) is 4.64. The van der Waals surface area contributed by atoms with Crippen molar-refractivity contribution in [2.45, 2.75) is 31.3 Å². The van der Waals surface area contributed by atoms with Gasteiger partial charge in [0.25, 0.3) is 0 Å². The fraction of sp³-hybridized carbons (Fsp3) is 0.412. The van der Waals surface area contributed by atoms with Gasteiger partial charge < -0.3 is 10.0 Å². The van der Waals surface area contributed by atoms with Gasteiger partial charge in [0.05, 0.1) is 11.3 Å². The van der Waals surface area contributed by atoms with Gasteiger partial charge in [-0.25, -0.2) is 14.4 Å². The fourth-order valence-electron chi connectivity index (χ4n) is 3.62. The number of benzene rings is 1. The van der Waals surface area contributed by atoms with E-state index >= 15 is 0 Å². The Morgan fingerprint density at radius 1 is 1.26 bits per heavy atom. The molecule has 0 saturated carbocycles. The van der Waals surface area contributed by atoms with Crippen LogP contribution >= 0.6 is 11.6 Å². The zero-order valence-electron chi connectivity index (χ0n) is 12.8. The summed E-state index contributed by atoms with van der Waals surface area (Å²) >= 11 is 6.13. The number of rotatable bonds is 2. The summed E-state index contributed by atoms with van der Waals surface area (Å²) in [5.74, 6) is 0.707. The first-order chi connectivity index (χ1) is 10.9. The topological polar surface area (TPSA) is 49.2 Å². The van der Waals surface area contributed by atoms with Crippen LogP contribution in [0.15, 0.2) is 24.3 Å². The summed E-state index contributed by atoms with van der Waals surface area (Å²) < 4.78 is 13.2. The molecular formula is C17H17ClFN3O. The number of nitrogens with zero attached hydrogens (tertiary/aromatic N) is 3. The number of aliphatic hydroxyl groups is 1. The van der Waals surface area contributed by atoms with Crippen molar-refractivity contribution in [1.29, 1.82) is 0 Å². The SMILES string of the molecule is CC1(O)CN(c2nc(Cl)nc3c2CCC3c2ccc(F)cc2)C1. The molecule has 6 heteroatoms. The minimum atomic E-state index is -0.667. The molecule has 0 radical (unpaired) electrons. The zero-order chi connectivity index (χ0) is 16.2. The van der Waals surface area contributed by atoms with Crippen molar-refractivity contribution >= 4 is 17.4 Å². The second-order valence-corrected chi connectivity index (χ2v) is 7.01. The smallest absolute Gasteiger partial charge is 0.224 e. The van der Waals surface area contributed by atoms with Crippen LogP contribution in [0.25, 0.3) is 0 Å². The van der Waals surface area contributed by atoms with E-state index in [0.29, 0.717) is 13.1 Å². The number of anilines is 1. The molecule has 1 aliphatic carbocycles. The van der Waals surface area contributed by atoms with Crippen LogP contribution in [0.5, 0.6) is 0 Å². The van der Waals surface area contributed by atoms with Gasteiger partial charge in [-0.3, -0.25) is 0 Å². The Morgan fingerprint density at radius 2 is 1.96 bits per heavy atom. The molecule has 1 unspecified atom stereocenters. The molecule has 2 aromatic rings. The van der Waals surface area contributed by atoms with Crippen LogP contribution < -0.4 is 4.90 Å². The highest BCUT2D eigenvalue weighted by Gasteiger charge is 2.40. The molecule has 4 nitrogen and oxygen atoms in total. The predicted octanol–water partition coefficient (Wildman–Crippen LogP) is 2.92. The molecule has 23 heavy (non-hydrogen) atoms. The van der Waals surface area contributed by atoms with Gasteiger partial charge in [-0.1, -0.05) is 12.1 Å². The molecule has 0 spiro atoms. The Kier molecular flexibility index (Phi) is 3.32. The highest BCUT2D eigenvalue weighted by molar-refractivity contribution is 6.28. The van der Waals surface area contributed by atoms with Crippen LogP contribution in [-0.4, -0.2) is 33.8 Å². The summed E-state index contributed by atoms with van der Waals surface area (Å²) in [6.45, 7) is 2.91. The van der Waals surface area contributed by atoms with Crippen molar-refractivity contribution in [3.63, 3.8) is 0 Å². The minimum absolute atomic E-state index is 0.117. The maximum Gasteiger partial charge on any atom is 0.224 e. The molecule has 1 aromatic heterocycles. The molecule has 0 bridgehead atoms. The van der Waals surface area contributed by atoms with Crippen molar-refractivity contribution in [3.8, 4) is 0 Å². The van der Waals surface area contributed by atoms with Crippen LogP contribution in [0.4, 0.5) is 10.2 Å². The first kappa shape index (κ1) is 14.8. The Morgan fingerprint density at radius 3 is 2.61 bits per heavy atom. The second kappa shape index (κ2) is 5.14. The number of β-amino-alcohol motifs (C(OH)–C–C–N with tert-alkyl or cyclic N) is 1. The van der Waals surface area contributed by atoms with Gasteiger partial charge in [-0.2, -0.15) is 0 Å². The predicted molar refractivity (Wildman–Crippen MR) is 86.4 cm³/mol. The molecule has 1 atom stereocenters. The average molecular weight is 334 g/mol. The molecule has 4 rings (SSSR count). The lowest BCUT2D eigenvalue weighted by atomic mass is 9.95. The Labute approximate surface area is 138 Å². The lowest BCUT2D eigenvalue weighted by molar-refractivity contribution is 0.0304. The van der Waals surface area contributed by atoms with Gasteiger partial charge in [-0.15, -0.1) is 0 Å². The van der Waals surface area contributed by atoms with E-state index in [2.05, 4.69) is 9.97 Å². The normalized spacial score (nSPS) is 21.9. The molecule has 1 N–H and O–H groups in total. The average Bonchev–Trinajstić information content (AvgIpc) is 2.88. The number of fused-ring (bicyclic) bond motifs is 1. The first-order valence-electron chi connectivity index (χ1n) is 7.72. The minimum Gasteiger partial charge on any atom is -0.386 e. The molecule has 1 aliphatic heterocycles. The maximum absolute atomic E-state index is 13.2. The van der Waals surface area contributed by atoms with Crippen molar-refractivity contribution in [2.75, 3.05) is 18.0 Å². The van der Waals surface area contributed by atoms with E-state index in [1.54, 1.807) is 12.1 Å². The summed E-state index contributed by atoms with van der Waals surface area (Å²) in [6, 6.07) is 6.56. The Hall–Kier alpha value is -1.72. The van der Waals surface area contributed by atoms with Crippen molar-refractivity contribution in [2.24, 2.45) is 0 Å². The summed E-state index contributed by atoms with van der Waals surface area (Å²) in [5.41, 5.74) is 2.40. The van der Waals surface area contributed by atoms with E-state index < -0.39 is 5.60 Å². The van der Waals surface area contributed by atoms with Gasteiger partial charge in [0.15, 0.2) is 0 Å². The van der Waals surface area contributed by atoms with E-state index in [9.17, 15) is 9.50 Å². The quantitative estimate of drug-likeness (QED) is 0.859. The van der Waals surface area contributed by atoms with Gasteiger partial charge in [0.1, 0.15) is 11.6 Å². The molecule has 1 fully saturated rings. The summed E-state index contributed by atoms with van der Waals surface area (Å²) in [6.07, 6.45) is 1.77. The van der Waals surface area contributed by atoms with Crippen molar-refractivity contribution in [1.82, 2.24) is 9.97 Å². The maximum atomic E-state index is 13.2. The first-order valence-corrected chi connectivity index (χ1v) is 8.10. The zero-order valence-corrected chi connectivity index (χ0v) is 13.5. The van der Waals surface area contributed by atoms with Crippen molar-refractivity contribution in [3.05, 3.63) is 52.2 Å². The van der Waals surface area contributed by atoms with Gasteiger partial charge >= 0.3 is 0 Å². The molecule has 1 saturated heterocycles. The largest absolute Gasteiger partial charge is 0.386 e. The number of aromatic nitrogens is 2. The van der Waals surface area contributed by atoms with Crippen LogP contribution in [-0.2, 0) is 6.42 Å². The molecule has 120 valence electrons. The number of hydrogen-bond acceptors (Lipinski definition) is 4. The molecule has 2 aliphatic rings. The fourth-order valence-corrected chi connectivity index (χ4v) is 3.79. The third kappa shape index (κ3) is 2.58. The lowest BCUT2D eigenvalue weighted by Gasteiger charge is -2.45. The second-order valence-electron chi connectivity index (χ2n) is 6.68. The Balaban J connectivity index is 1.72. The number of hydrogen-bond donors (Lipinski definition) is 1. The van der Waals surface area contributed by atoms with E-state index in [-0.39, 0.29) is 17.0 Å². The van der Waals surface area contributed by atoms with Crippen LogP contribution in [0, 0.1) is 5.82 Å². The van der Waals surface area contributed by atoms with Crippen LogP contribution in [0.2, 0.25) is 5.28 Å². The highest BCUT2D eigenvalue weighted by atomic mass is 35.5. The summed E-state index contributed by atoms with van der Waals surface area (Å²) in [5, 5.41) is 10.2. The number of halogens is 2. The molecule has 0 amide bonds. The summed E-state index contributed by atoms with van der Waals surface area (Å²) in [4.78, 5) is 10.9. The molecule has 2 heterocycles. The Bertz CT molecular complexity index is 755. The van der Waals surface area contributed by atoms with Crippen molar-refractivity contribution < 1.29 is 9.50 Å². The van der Waals surface area contributed by atoms with E-state index in [4.69, 9.17) is 11.6 Å². The van der Waals surface area contributed by atoms with Gasteiger partial charge in [0.2, 0.25) is 5.28 Å². The van der Waals surface area contributed by atoms with E-state index in [0.717, 1.165) is 35.5 Å². The van der Waals surface area contributed by atoms with E-state index in [1.165, 1.54) is 12.1 Å². The third-order valence-corrected chi connectivity index (χ3v) is 4.81. The van der Waals surface area contributed by atoms with Crippen LogP contribution in [0.3, 0.4) is 0 Å². The monoisotopic (exact) mass is 333 g/mol.